The summed E-state index contributed by atoms with van der Waals surface area (Å²) in [6.07, 6.45) is -0.836. The van der Waals surface area contributed by atoms with Crippen LogP contribution in [-0.4, -0.2) is 100 Å². The van der Waals surface area contributed by atoms with Crippen LogP contribution < -0.4 is 26.6 Å². The van der Waals surface area contributed by atoms with Crippen LogP contribution in [0.4, 0.5) is 9.59 Å². The number of amides is 5. The molecule has 470 valence electrons. The highest BCUT2D eigenvalue weighted by atomic mass is 28.4. The summed E-state index contributed by atoms with van der Waals surface area (Å²) >= 11 is 0. The van der Waals surface area contributed by atoms with Gasteiger partial charge in [0.05, 0.1) is 12.6 Å². The van der Waals surface area contributed by atoms with Gasteiger partial charge in [-0.05, 0) is 83.5 Å². The zero-order valence-corrected chi connectivity index (χ0v) is 53.1. The molecular weight excluding hydrogens is 1140 g/mol. The lowest BCUT2D eigenvalue weighted by Crippen LogP contribution is -2.61. The van der Waals surface area contributed by atoms with Gasteiger partial charge in [-0.1, -0.05) is 211 Å². The molecule has 0 aliphatic heterocycles. The summed E-state index contributed by atoms with van der Waals surface area (Å²) in [7, 11) is -3.58. The Morgan fingerprint density at radius 1 is 0.517 bits per heavy atom. The minimum Gasteiger partial charge on any atom is -0.492 e. The van der Waals surface area contributed by atoms with Gasteiger partial charge in [0, 0.05) is 54.3 Å². The second kappa shape index (κ2) is 32.5. The molecule has 5 amide bonds. The van der Waals surface area contributed by atoms with Gasteiger partial charge in [-0.2, -0.15) is 0 Å². The highest BCUT2D eigenvalue weighted by Gasteiger charge is 2.61. The first-order valence-electron chi connectivity index (χ1n) is 30.5. The molecule has 6 aromatic rings. The highest BCUT2D eigenvalue weighted by Crippen LogP contribution is 2.52. The van der Waals surface area contributed by atoms with Crippen molar-refractivity contribution in [3.63, 3.8) is 0 Å². The predicted molar refractivity (Wildman–Crippen MR) is 343 cm³/mol. The lowest BCUT2D eigenvalue weighted by atomic mass is 9.89. The fourth-order valence-electron chi connectivity index (χ4n) is 11.5. The van der Waals surface area contributed by atoms with Crippen molar-refractivity contribution in [3.8, 4) is 11.1 Å². The molecule has 0 heterocycles. The molecule has 0 fully saturated rings. The third-order valence-electron chi connectivity index (χ3n) is 15.8. The standard InChI is InChI=1S/C71H85N5O12Si/c1-49(77)42-61(74-64(79)46-73-66(81)60(38-24-25-40-72-68(83)85-47-53-32-18-11-19-33-53)76-69(84)86-48-59-57-36-22-20-34-55(57)56-35-21-23-37-58(56)59)63(78)45-54(43-51-28-14-9-15-29-51)65(80)75-62(44-52-30-16-10-17-31-52)67(82)88-89(70(2,3)4,71(5,6)7)87-41-39-50-26-12-8-13-27-50/h8-23,26-37,54,59-62H,24-25,38-48H2,1-7H3,(H,72,83)(H,73,81)(H,74,79)(H,75,80)(H,76,84)/t54-,60+,61+,62+/m1/s1. The lowest BCUT2D eigenvalue weighted by molar-refractivity contribution is -0.143. The number of carbonyl (C=O) groups is 8. The third kappa shape index (κ3) is 19.9. The van der Waals surface area contributed by atoms with E-state index in [0.29, 0.717) is 19.3 Å². The largest absolute Gasteiger partial charge is 0.492 e. The number of hydrogen-bond acceptors (Lipinski definition) is 12. The molecule has 1 aliphatic rings. The zero-order valence-electron chi connectivity index (χ0n) is 52.1. The molecule has 0 aromatic heterocycles. The minimum atomic E-state index is -3.58. The van der Waals surface area contributed by atoms with Crippen molar-refractivity contribution in [2.75, 3.05) is 26.3 Å². The minimum absolute atomic E-state index is 0.0197. The van der Waals surface area contributed by atoms with Gasteiger partial charge in [0.1, 0.15) is 31.1 Å². The first kappa shape index (κ1) is 67.8. The number of nitrogens with one attached hydrogen (secondary N) is 5. The number of benzene rings is 6. The molecule has 89 heavy (non-hydrogen) atoms. The molecule has 17 nitrogen and oxygen atoms in total. The van der Waals surface area contributed by atoms with Crippen LogP contribution in [0.25, 0.3) is 11.1 Å². The topological polar surface area (TPSA) is 234 Å². The fraction of sp³-hybridized carbons (Fsp3) is 0.380. The average Bonchev–Trinajstić information content (AvgIpc) is 1.72. The molecule has 5 N–H and O–H groups in total. The van der Waals surface area contributed by atoms with E-state index in [-0.39, 0.29) is 51.5 Å². The normalized spacial score (nSPS) is 13.4. The van der Waals surface area contributed by atoms with Gasteiger partial charge in [0.15, 0.2) is 5.78 Å². The smallest absolute Gasteiger partial charge is 0.412 e. The van der Waals surface area contributed by atoms with Gasteiger partial charge in [-0.3, -0.25) is 28.8 Å². The Hall–Kier alpha value is -8.74. The number of ketones is 2. The van der Waals surface area contributed by atoms with Crippen LogP contribution in [0.2, 0.25) is 10.1 Å². The van der Waals surface area contributed by atoms with Crippen LogP contribution in [0.5, 0.6) is 0 Å². The molecule has 0 radical (unpaired) electrons. The molecule has 7 rings (SSSR count). The first-order chi connectivity index (χ1) is 42.6. The zero-order chi connectivity index (χ0) is 64.0. The van der Waals surface area contributed by atoms with E-state index < -0.39 is 110 Å². The van der Waals surface area contributed by atoms with E-state index in [1.54, 1.807) is 12.1 Å². The van der Waals surface area contributed by atoms with Gasteiger partial charge in [0.2, 0.25) is 17.7 Å². The van der Waals surface area contributed by atoms with Gasteiger partial charge in [0.25, 0.3) is 0 Å². The third-order valence-corrected chi connectivity index (χ3v) is 20.8. The average molecular weight is 1230 g/mol. The second-order valence-corrected chi connectivity index (χ2v) is 29.4. The van der Waals surface area contributed by atoms with Crippen LogP contribution in [0.3, 0.4) is 0 Å². The van der Waals surface area contributed by atoms with Crippen molar-refractivity contribution in [2.24, 2.45) is 5.92 Å². The molecule has 0 saturated heterocycles. The maximum atomic E-state index is 15.0. The Balaban J connectivity index is 1.03. The number of hydrogen-bond donors (Lipinski definition) is 5. The Morgan fingerprint density at radius 3 is 1.61 bits per heavy atom. The lowest BCUT2D eigenvalue weighted by Gasteiger charge is -2.48. The summed E-state index contributed by atoms with van der Waals surface area (Å²) in [5, 5.41) is 12.3. The Kier molecular flexibility index (Phi) is 24.7. The van der Waals surface area contributed by atoms with Crippen LogP contribution in [0.15, 0.2) is 170 Å². The predicted octanol–water partition coefficient (Wildman–Crippen LogP) is 11.0. The number of unbranched alkanes of at least 4 members (excludes halogenated alkanes) is 1. The molecule has 18 heteroatoms. The molecule has 0 unspecified atom stereocenters. The summed E-state index contributed by atoms with van der Waals surface area (Å²) in [6.45, 7) is 13.2. The van der Waals surface area contributed by atoms with Crippen LogP contribution in [-0.2, 0) is 73.0 Å². The van der Waals surface area contributed by atoms with E-state index >= 15 is 0 Å². The van der Waals surface area contributed by atoms with Crippen molar-refractivity contribution in [1.82, 2.24) is 26.6 Å². The van der Waals surface area contributed by atoms with Crippen LogP contribution in [0, 0.1) is 5.92 Å². The summed E-state index contributed by atoms with van der Waals surface area (Å²) < 4.78 is 24.7. The summed E-state index contributed by atoms with van der Waals surface area (Å²) in [6, 6.07) is 49.3. The first-order valence-corrected chi connectivity index (χ1v) is 32.4. The Labute approximate surface area is 524 Å². The number of ether oxygens (including phenoxy) is 2. The number of fused-ring (bicyclic) bond motifs is 3. The van der Waals surface area contributed by atoms with Gasteiger partial charge in [-0.25, -0.2) is 9.59 Å². The number of Topliss-reactive ketones (excluding diaryl/α,β-unsaturated/α-hetero) is 2. The second-order valence-electron chi connectivity index (χ2n) is 24.7. The van der Waals surface area contributed by atoms with Gasteiger partial charge >= 0.3 is 26.7 Å². The maximum Gasteiger partial charge on any atom is 0.412 e. The van der Waals surface area contributed by atoms with E-state index in [1.165, 1.54) is 6.92 Å². The maximum absolute atomic E-state index is 15.0. The SMILES string of the molecule is CC(=O)C[C@H](NC(=O)CNC(=O)[C@H](CCCCNC(=O)OCc1ccccc1)NC(=O)OCC1c2ccccc2-c2ccccc21)C(=O)C[C@@H](Cc1ccccc1)C(=O)N[C@@H](Cc1ccccc1)C(=O)O[Si](OCCc1ccccc1)(C(C)(C)C)C(C)(C)C. The van der Waals surface area contributed by atoms with Crippen LogP contribution in [0.1, 0.15) is 120 Å². The summed E-state index contributed by atoms with van der Waals surface area (Å²) in [5.74, 6) is -5.27. The van der Waals surface area contributed by atoms with E-state index in [2.05, 4.69) is 26.6 Å². The summed E-state index contributed by atoms with van der Waals surface area (Å²) in [5.41, 5.74) is 7.43. The molecule has 0 saturated carbocycles. The van der Waals surface area contributed by atoms with Gasteiger partial charge in [-0.15, -0.1) is 0 Å². The fourth-order valence-corrected chi connectivity index (χ4v) is 16.1. The van der Waals surface area contributed by atoms with E-state index in [4.69, 9.17) is 18.3 Å². The Bertz CT molecular complexity index is 3280. The molecular formula is C71H85N5O12Si. The van der Waals surface area contributed by atoms with Crippen LogP contribution >= 0.6 is 0 Å². The molecule has 4 atom stereocenters. The van der Waals surface area contributed by atoms with Crippen molar-refractivity contribution < 1.29 is 56.7 Å². The summed E-state index contributed by atoms with van der Waals surface area (Å²) in [4.78, 5) is 111. The quantitative estimate of drug-likeness (QED) is 0.0202. The highest BCUT2D eigenvalue weighted by molar-refractivity contribution is 6.74. The van der Waals surface area contributed by atoms with Crippen molar-refractivity contribution in [1.29, 1.82) is 0 Å². The van der Waals surface area contributed by atoms with Crippen molar-refractivity contribution in [2.45, 2.75) is 141 Å². The number of alkyl carbamates (subject to hydrolysis) is 2. The van der Waals surface area contributed by atoms with Crippen molar-refractivity contribution >= 4 is 56.0 Å². The van der Waals surface area contributed by atoms with E-state index in [9.17, 15) is 38.4 Å². The molecule has 0 spiro atoms. The molecule has 0 bridgehead atoms. The van der Waals surface area contributed by atoms with Gasteiger partial charge < -0.3 is 44.9 Å². The number of carbonyl (C=O) groups excluding carboxylic acids is 8. The monoisotopic (exact) mass is 1230 g/mol. The molecule has 1 aliphatic carbocycles. The van der Waals surface area contributed by atoms with E-state index in [0.717, 1.165) is 44.5 Å². The molecule has 6 aromatic carbocycles. The number of rotatable bonds is 31. The van der Waals surface area contributed by atoms with E-state index in [1.807, 2.05) is 199 Å². The Morgan fingerprint density at radius 2 is 1.04 bits per heavy atom. The van der Waals surface area contributed by atoms with Crippen molar-refractivity contribution in [3.05, 3.63) is 203 Å².